The summed E-state index contributed by atoms with van der Waals surface area (Å²) in [5, 5.41) is 0.188. The molecule has 0 saturated carbocycles. The van der Waals surface area contributed by atoms with Gasteiger partial charge in [0, 0.05) is 31.4 Å². The predicted octanol–water partition coefficient (Wildman–Crippen LogP) is 5.37. The lowest BCUT2D eigenvalue weighted by atomic mass is 10.0. The molecule has 230 valence electrons. The van der Waals surface area contributed by atoms with Crippen LogP contribution < -0.4 is 15.3 Å². The number of carbonyl (C=O) groups excluding carboxylic acids is 1. The van der Waals surface area contributed by atoms with Crippen LogP contribution in [-0.4, -0.2) is 68.4 Å². The van der Waals surface area contributed by atoms with E-state index in [4.69, 9.17) is 9.47 Å². The number of rotatable bonds is 3. The van der Waals surface area contributed by atoms with Gasteiger partial charge in [-0.25, -0.2) is 27.9 Å². The van der Waals surface area contributed by atoms with Crippen molar-refractivity contribution in [1.82, 2.24) is 24.4 Å². The fourth-order valence-corrected chi connectivity index (χ4v) is 5.79. The molecule has 12 heteroatoms. The first kappa shape index (κ1) is 29.5. The molecule has 2 aliphatic rings. The Morgan fingerprint density at radius 3 is 2.57 bits per heavy atom. The Kier molecular flexibility index (Phi) is 7.25. The van der Waals surface area contributed by atoms with Crippen molar-refractivity contribution < 1.29 is 23.0 Å². The monoisotopic (exact) mass is 604 g/mol. The second kappa shape index (κ2) is 10.8. The Balaban J connectivity index is 1.61. The van der Waals surface area contributed by atoms with Gasteiger partial charge in [-0.1, -0.05) is 26.0 Å². The molecule has 1 atom stereocenters. The third kappa shape index (κ3) is 5.01. The SMILES string of the molecule is Cc1ccnc(C(C)C)c1-n1c(=O)nc2c3c(c(F)c(-c4ccccc4F)nc31)OC[C@@H]1CN(C(=O)OC(C)(C)C)CCN21. The van der Waals surface area contributed by atoms with Crippen LogP contribution in [0.2, 0.25) is 0 Å². The van der Waals surface area contributed by atoms with E-state index in [0.29, 0.717) is 11.4 Å². The largest absolute Gasteiger partial charge is 0.487 e. The normalized spacial score (nSPS) is 16.5. The minimum atomic E-state index is -0.869. The molecule has 0 spiro atoms. The number of hydrogen-bond donors (Lipinski definition) is 0. The number of carbonyl (C=O) groups is 1. The van der Waals surface area contributed by atoms with Gasteiger partial charge in [0.1, 0.15) is 34.9 Å². The van der Waals surface area contributed by atoms with E-state index in [2.05, 4.69) is 15.0 Å². The maximum Gasteiger partial charge on any atom is 0.410 e. The number of hydrogen-bond acceptors (Lipinski definition) is 8. The number of nitrogens with zero attached hydrogens (tertiary/aromatic N) is 6. The van der Waals surface area contributed by atoms with Crippen LogP contribution in [0.5, 0.6) is 5.75 Å². The van der Waals surface area contributed by atoms with Gasteiger partial charge in [-0.15, -0.1) is 0 Å². The lowest BCUT2D eigenvalue weighted by molar-refractivity contribution is 0.0201. The van der Waals surface area contributed by atoms with E-state index in [1.807, 2.05) is 25.7 Å². The van der Waals surface area contributed by atoms with E-state index in [1.165, 1.54) is 22.8 Å². The maximum atomic E-state index is 16.5. The number of amides is 1. The van der Waals surface area contributed by atoms with E-state index < -0.39 is 35.1 Å². The second-order valence-electron chi connectivity index (χ2n) is 12.4. The number of anilines is 1. The minimum Gasteiger partial charge on any atom is -0.487 e. The Morgan fingerprint density at radius 2 is 1.86 bits per heavy atom. The topological polar surface area (TPSA) is 103 Å². The maximum absolute atomic E-state index is 16.5. The highest BCUT2D eigenvalue weighted by molar-refractivity contribution is 5.96. The summed E-state index contributed by atoms with van der Waals surface area (Å²) in [6.45, 7) is 11.9. The van der Waals surface area contributed by atoms with Gasteiger partial charge in [-0.2, -0.15) is 4.98 Å². The van der Waals surface area contributed by atoms with Crippen molar-refractivity contribution >= 4 is 22.9 Å². The molecular formula is C32H34F2N6O4. The van der Waals surface area contributed by atoms with Gasteiger partial charge in [-0.05, 0) is 57.4 Å². The summed E-state index contributed by atoms with van der Waals surface area (Å²) < 4.78 is 44.6. The van der Waals surface area contributed by atoms with Gasteiger partial charge in [0.15, 0.2) is 17.2 Å². The number of piperazine rings is 1. The first-order valence-corrected chi connectivity index (χ1v) is 14.6. The van der Waals surface area contributed by atoms with Crippen molar-refractivity contribution in [2.75, 3.05) is 31.1 Å². The van der Waals surface area contributed by atoms with E-state index in [9.17, 15) is 9.59 Å². The number of fused-ring (bicyclic) bond motifs is 2. The number of ether oxygens (including phenoxy) is 2. The Morgan fingerprint density at radius 1 is 1.11 bits per heavy atom. The minimum absolute atomic E-state index is 0.0280. The summed E-state index contributed by atoms with van der Waals surface area (Å²) in [4.78, 5) is 44.1. The number of pyridine rings is 2. The molecule has 0 aliphatic carbocycles. The molecule has 1 amide bonds. The zero-order valence-corrected chi connectivity index (χ0v) is 25.5. The Bertz CT molecular complexity index is 1850. The van der Waals surface area contributed by atoms with E-state index in [1.54, 1.807) is 44.0 Å². The van der Waals surface area contributed by atoms with Crippen LogP contribution in [0.15, 0.2) is 41.3 Å². The number of aromatic nitrogens is 4. The van der Waals surface area contributed by atoms with Gasteiger partial charge in [0.05, 0.1) is 17.4 Å². The quantitative estimate of drug-likeness (QED) is 0.308. The van der Waals surface area contributed by atoms with Crippen LogP contribution in [0.4, 0.5) is 19.4 Å². The van der Waals surface area contributed by atoms with Crippen LogP contribution in [0.25, 0.3) is 28.0 Å². The second-order valence-corrected chi connectivity index (χ2v) is 12.4. The van der Waals surface area contributed by atoms with Crippen molar-refractivity contribution in [2.45, 2.75) is 59.1 Å². The molecule has 0 bridgehead atoms. The third-order valence-corrected chi connectivity index (χ3v) is 7.78. The van der Waals surface area contributed by atoms with Gasteiger partial charge in [0.2, 0.25) is 0 Å². The number of halogens is 2. The summed E-state index contributed by atoms with van der Waals surface area (Å²) >= 11 is 0. The molecule has 5 heterocycles. The number of aryl methyl sites for hydroxylation is 1. The third-order valence-electron chi connectivity index (χ3n) is 7.78. The zero-order valence-electron chi connectivity index (χ0n) is 25.5. The Labute approximate surface area is 253 Å². The molecule has 4 aromatic rings. The molecule has 0 radical (unpaired) electrons. The fraction of sp³-hybridized carbons (Fsp3) is 0.406. The summed E-state index contributed by atoms with van der Waals surface area (Å²) in [6, 6.07) is 7.04. The highest BCUT2D eigenvalue weighted by atomic mass is 19.1. The molecule has 10 nitrogen and oxygen atoms in total. The molecule has 6 rings (SSSR count). The molecular weight excluding hydrogens is 570 g/mol. The van der Waals surface area contributed by atoms with E-state index in [-0.39, 0.29) is 66.0 Å². The van der Waals surface area contributed by atoms with Crippen molar-refractivity contribution in [3.05, 3.63) is 69.9 Å². The molecule has 2 aliphatic heterocycles. The van der Waals surface area contributed by atoms with E-state index in [0.717, 1.165) is 5.56 Å². The van der Waals surface area contributed by atoms with Crippen LogP contribution in [0.3, 0.4) is 0 Å². The van der Waals surface area contributed by atoms with Crippen molar-refractivity contribution in [3.63, 3.8) is 0 Å². The molecule has 1 aromatic carbocycles. The fourth-order valence-electron chi connectivity index (χ4n) is 5.79. The van der Waals surface area contributed by atoms with Gasteiger partial charge >= 0.3 is 11.8 Å². The first-order chi connectivity index (χ1) is 20.9. The highest BCUT2D eigenvalue weighted by Crippen LogP contribution is 2.42. The average molecular weight is 605 g/mol. The molecule has 44 heavy (non-hydrogen) atoms. The van der Waals surface area contributed by atoms with Gasteiger partial charge in [0.25, 0.3) is 0 Å². The van der Waals surface area contributed by atoms with Crippen LogP contribution in [-0.2, 0) is 4.74 Å². The standard InChI is InChI=1S/C32H34F2N6O4/c1-17(2)24-26(18(3)11-12-35-24)40-29-22-27(23(34)25(36-29)20-9-7-8-10-21(20)33)43-16-19-15-38(31(42)44-32(4,5)6)13-14-39(19)28(22)37-30(40)41/h7-12,17,19H,13-16H2,1-6H3/t19-/m0/s1. The summed E-state index contributed by atoms with van der Waals surface area (Å²) in [5.41, 5.74) is 0.219. The lowest BCUT2D eigenvalue weighted by Gasteiger charge is -2.41. The van der Waals surface area contributed by atoms with Gasteiger partial charge < -0.3 is 19.3 Å². The summed E-state index contributed by atoms with van der Waals surface area (Å²) in [5.74, 6) is -1.61. The van der Waals surface area contributed by atoms with Crippen LogP contribution >= 0.6 is 0 Å². The van der Waals surface area contributed by atoms with Crippen molar-refractivity contribution in [2.24, 2.45) is 0 Å². The Hall–Kier alpha value is -4.61. The molecule has 3 aromatic heterocycles. The van der Waals surface area contributed by atoms with Crippen molar-refractivity contribution in [1.29, 1.82) is 0 Å². The van der Waals surface area contributed by atoms with Crippen LogP contribution in [0.1, 0.15) is 51.8 Å². The first-order valence-electron chi connectivity index (χ1n) is 14.6. The van der Waals surface area contributed by atoms with Crippen LogP contribution in [0, 0.1) is 18.6 Å². The van der Waals surface area contributed by atoms with E-state index >= 15 is 8.78 Å². The smallest absolute Gasteiger partial charge is 0.410 e. The zero-order chi connectivity index (χ0) is 31.5. The molecule has 1 saturated heterocycles. The molecule has 0 unspecified atom stereocenters. The highest BCUT2D eigenvalue weighted by Gasteiger charge is 2.39. The van der Waals surface area contributed by atoms with Gasteiger partial charge in [-0.3, -0.25) is 4.98 Å². The molecule has 0 N–H and O–H groups in total. The van der Waals surface area contributed by atoms with Crippen molar-refractivity contribution in [3.8, 4) is 22.7 Å². The summed E-state index contributed by atoms with van der Waals surface area (Å²) in [7, 11) is 0. The predicted molar refractivity (Wildman–Crippen MR) is 162 cm³/mol. The summed E-state index contributed by atoms with van der Waals surface area (Å²) in [6.07, 6.45) is 1.19. The molecule has 1 fully saturated rings. The number of benzene rings is 1. The average Bonchev–Trinajstić information content (AvgIpc) is 3.12. The lowest BCUT2D eigenvalue weighted by Crippen LogP contribution is -2.57.